The van der Waals surface area contributed by atoms with Crippen LogP contribution in [-0.4, -0.2) is 39.4 Å². The van der Waals surface area contributed by atoms with E-state index in [2.05, 4.69) is 22.2 Å². The zero-order valence-electron chi connectivity index (χ0n) is 16.6. The van der Waals surface area contributed by atoms with E-state index in [0.717, 1.165) is 43.1 Å². The second-order valence-electron chi connectivity index (χ2n) is 7.86. The average Bonchev–Trinajstić information content (AvgIpc) is 3.46. The van der Waals surface area contributed by atoms with Gasteiger partial charge in [-0.1, -0.05) is 42.5 Å². The molecule has 0 spiro atoms. The molecule has 2 aliphatic rings. The first-order valence-corrected chi connectivity index (χ1v) is 12.0. The molecule has 0 atom stereocenters. The van der Waals surface area contributed by atoms with Crippen molar-refractivity contribution in [1.82, 2.24) is 14.9 Å². The van der Waals surface area contributed by atoms with Gasteiger partial charge in [-0.05, 0) is 38.7 Å². The molecule has 1 amide bonds. The van der Waals surface area contributed by atoms with E-state index in [9.17, 15) is 4.79 Å². The quantitative estimate of drug-likeness (QED) is 0.497. The number of hydrogen-bond donors (Lipinski definition) is 0. The van der Waals surface area contributed by atoms with Gasteiger partial charge in [-0.25, -0.2) is 9.97 Å². The highest BCUT2D eigenvalue weighted by molar-refractivity contribution is 7.13. The van der Waals surface area contributed by atoms with Gasteiger partial charge in [-0.3, -0.25) is 4.79 Å². The molecule has 2 saturated carbocycles. The van der Waals surface area contributed by atoms with Crippen LogP contribution in [0.2, 0.25) is 10.2 Å². The smallest absolute Gasteiger partial charge is 0.257 e. The van der Waals surface area contributed by atoms with Gasteiger partial charge in [0.15, 0.2) is 5.13 Å². The Morgan fingerprint density at radius 3 is 2.62 bits per heavy atom. The third-order valence-corrected chi connectivity index (χ3v) is 7.19. The lowest BCUT2D eigenvalue weighted by atomic mass is 9.93. The van der Waals surface area contributed by atoms with Crippen LogP contribution in [0.3, 0.4) is 0 Å². The summed E-state index contributed by atoms with van der Waals surface area (Å²) in [5.41, 5.74) is 1.31. The minimum absolute atomic E-state index is 0.110. The van der Waals surface area contributed by atoms with Crippen molar-refractivity contribution in [3.8, 4) is 0 Å². The average molecular weight is 453 g/mol. The molecule has 5 nitrogen and oxygen atoms in total. The Morgan fingerprint density at radius 2 is 1.93 bits per heavy atom. The van der Waals surface area contributed by atoms with Crippen molar-refractivity contribution in [1.29, 1.82) is 0 Å². The first kappa shape index (κ1) is 20.9. The number of carbonyl (C=O) groups excluding carboxylic acids is 1. The van der Waals surface area contributed by atoms with E-state index in [-0.39, 0.29) is 17.1 Å². The van der Waals surface area contributed by atoms with Crippen molar-refractivity contribution in [3.63, 3.8) is 0 Å². The lowest BCUT2D eigenvalue weighted by Gasteiger charge is -2.34. The Labute approximate surface area is 186 Å². The Balaban J connectivity index is 1.58. The zero-order chi connectivity index (χ0) is 20.4. The van der Waals surface area contributed by atoms with Crippen LogP contribution in [-0.2, 0) is 6.54 Å². The van der Waals surface area contributed by atoms with Gasteiger partial charge in [0.2, 0.25) is 0 Å². The molecule has 0 radical (unpaired) electrons. The Bertz CT molecular complexity index is 864. The SMILES string of the molecule is CCN(c1nc(CN(C(=O)c2cc(Cl)cnc2Cl)C2CCCCC2)cs1)C1CC1. The highest BCUT2D eigenvalue weighted by Gasteiger charge is 2.31. The molecule has 0 bridgehead atoms. The zero-order valence-corrected chi connectivity index (χ0v) is 18.9. The summed E-state index contributed by atoms with van der Waals surface area (Å²) in [7, 11) is 0. The lowest BCUT2D eigenvalue weighted by molar-refractivity contribution is 0.0611. The van der Waals surface area contributed by atoms with E-state index in [0.29, 0.717) is 23.2 Å². The van der Waals surface area contributed by atoms with Gasteiger partial charge in [0, 0.05) is 30.2 Å². The number of halogens is 2. The number of nitrogens with zero attached hydrogens (tertiary/aromatic N) is 4. The van der Waals surface area contributed by atoms with Crippen LogP contribution in [0.1, 0.15) is 67.9 Å². The Morgan fingerprint density at radius 1 is 1.17 bits per heavy atom. The normalized spacial score (nSPS) is 17.3. The predicted octanol–water partition coefficient (Wildman–Crippen LogP) is 5.81. The summed E-state index contributed by atoms with van der Waals surface area (Å²) >= 11 is 14.0. The van der Waals surface area contributed by atoms with Crippen LogP contribution in [0.25, 0.3) is 0 Å². The number of aromatic nitrogens is 2. The monoisotopic (exact) mass is 452 g/mol. The van der Waals surface area contributed by atoms with Crippen molar-refractivity contribution in [3.05, 3.63) is 39.1 Å². The van der Waals surface area contributed by atoms with E-state index in [1.807, 2.05) is 4.90 Å². The second kappa shape index (κ2) is 9.19. The number of thiazole rings is 1. The van der Waals surface area contributed by atoms with Gasteiger partial charge < -0.3 is 9.80 Å². The molecule has 2 aromatic heterocycles. The molecular formula is C21H26Cl2N4OS. The van der Waals surface area contributed by atoms with Gasteiger partial charge in [0.1, 0.15) is 5.15 Å². The van der Waals surface area contributed by atoms with Crippen molar-refractivity contribution in [2.45, 2.75) is 70.5 Å². The highest BCUT2D eigenvalue weighted by atomic mass is 35.5. The van der Waals surface area contributed by atoms with Crippen LogP contribution < -0.4 is 4.90 Å². The molecular weight excluding hydrogens is 427 g/mol. The maximum atomic E-state index is 13.4. The Hall–Kier alpha value is -1.37. The van der Waals surface area contributed by atoms with E-state index in [1.54, 1.807) is 17.4 Å². The molecule has 2 heterocycles. The standard InChI is InChI=1S/C21H26Cl2N4OS/c1-2-26(17-8-9-17)21-25-15(13-29-21)12-27(16-6-4-3-5-7-16)20(28)18-10-14(22)11-24-19(18)23/h10-11,13,16-17H,2-9,12H2,1H3. The lowest BCUT2D eigenvalue weighted by Crippen LogP contribution is -2.41. The van der Waals surface area contributed by atoms with Crippen LogP contribution in [0.15, 0.2) is 17.6 Å². The summed E-state index contributed by atoms with van der Waals surface area (Å²) in [6, 6.07) is 2.45. The second-order valence-corrected chi connectivity index (χ2v) is 9.49. The van der Waals surface area contributed by atoms with E-state index < -0.39 is 0 Å². The molecule has 4 rings (SSSR count). The summed E-state index contributed by atoms with van der Waals surface area (Å²) in [5, 5.41) is 3.76. The fourth-order valence-electron chi connectivity index (χ4n) is 4.10. The number of carbonyl (C=O) groups is 1. The first-order chi connectivity index (χ1) is 14.1. The molecule has 8 heteroatoms. The number of amides is 1. The topological polar surface area (TPSA) is 49.3 Å². The van der Waals surface area contributed by atoms with E-state index in [1.165, 1.54) is 25.5 Å². The number of rotatable bonds is 7. The molecule has 156 valence electrons. The van der Waals surface area contributed by atoms with Crippen molar-refractivity contribution >= 4 is 45.6 Å². The molecule has 2 fully saturated rings. The fourth-order valence-corrected chi connectivity index (χ4v) is 5.39. The third-order valence-electron chi connectivity index (χ3n) is 5.76. The number of pyridine rings is 1. The van der Waals surface area contributed by atoms with E-state index >= 15 is 0 Å². The van der Waals surface area contributed by atoms with Crippen LogP contribution >= 0.6 is 34.5 Å². The summed E-state index contributed by atoms with van der Waals surface area (Å²) in [6.45, 7) is 3.63. The van der Waals surface area contributed by atoms with Gasteiger partial charge in [0.25, 0.3) is 5.91 Å². The van der Waals surface area contributed by atoms with E-state index in [4.69, 9.17) is 28.2 Å². The van der Waals surface area contributed by atoms with Gasteiger partial charge >= 0.3 is 0 Å². The maximum absolute atomic E-state index is 13.4. The molecule has 2 aromatic rings. The fraction of sp³-hybridized carbons (Fsp3) is 0.571. The molecule has 0 aliphatic heterocycles. The van der Waals surface area contributed by atoms with Crippen molar-refractivity contribution in [2.24, 2.45) is 0 Å². The highest BCUT2D eigenvalue weighted by Crippen LogP contribution is 2.34. The molecule has 29 heavy (non-hydrogen) atoms. The maximum Gasteiger partial charge on any atom is 0.257 e. The molecule has 2 aliphatic carbocycles. The predicted molar refractivity (Wildman–Crippen MR) is 119 cm³/mol. The Kier molecular flexibility index (Phi) is 6.62. The molecule has 0 N–H and O–H groups in total. The summed E-state index contributed by atoms with van der Waals surface area (Å²) in [5.74, 6) is -0.110. The van der Waals surface area contributed by atoms with Crippen LogP contribution in [0.5, 0.6) is 0 Å². The largest absolute Gasteiger partial charge is 0.345 e. The molecule has 0 unspecified atom stereocenters. The summed E-state index contributed by atoms with van der Waals surface area (Å²) in [6.07, 6.45) is 9.49. The number of hydrogen-bond acceptors (Lipinski definition) is 5. The van der Waals surface area contributed by atoms with Crippen molar-refractivity contribution in [2.75, 3.05) is 11.4 Å². The van der Waals surface area contributed by atoms with Gasteiger partial charge in [-0.15, -0.1) is 11.3 Å². The van der Waals surface area contributed by atoms with Crippen molar-refractivity contribution < 1.29 is 4.79 Å². The third kappa shape index (κ3) is 4.86. The number of anilines is 1. The summed E-state index contributed by atoms with van der Waals surface area (Å²) in [4.78, 5) is 26.7. The molecule has 0 aromatic carbocycles. The van der Waals surface area contributed by atoms with Crippen LogP contribution in [0.4, 0.5) is 5.13 Å². The van der Waals surface area contributed by atoms with Gasteiger partial charge in [-0.2, -0.15) is 0 Å². The minimum Gasteiger partial charge on any atom is -0.345 e. The molecule has 0 saturated heterocycles. The summed E-state index contributed by atoms with van der Waals surface area (Å²) < 4.78 is 0. The first-order valence-electron chi connectivity index (χ1n) is 10.4. The minimum atomic E-state index is -0.110. The van der Waals surface area contributed by atoms with Crippen LogP contribution in [0, 0.1) is 0 Å². The van der Waals surface area contributed by atoms with Gasteiger partial charge in [0.05, 0.1) is 22.8 Å².